The highest BCUT2D eigenvalue weighted by molar-refractivity contribution is 5.86. The summed E-state index contributed by atoms with van der Waals surface area (Å²) < 4.78 is 5.32. The molecule has 0 radical (unpaired) electrons. The molecule has 0 fully saturated rings. The molecule has 0 aliphatic rings. The molecule has 0 amide bonds. The Morgan fingerprint density at radius 3 is 2.71 bits per heavy atom. The highest BCUT2D eigenvalue weighted by Crippen LogP contribution is 2.16. The maximum Gasteiger partial charge on any atom is 0.372 e. The van der Waals surface area contributed by atoms with Gasteiger partial charge in [-0.1, -0.05) is 20.3 Å². The molecular formula is C13H21NO3. The lowest BCUT2D eigenvalue weighted by Crippen LogP contribution is -2.23. The maximum atomic E-state index is 10.8. The van der Waals surface area contributed by atoms with Crippen LogP contribution in [0.1, 0.15) is 42.1 Å². The van der Waals surface area contributed by atoms with Crippen LogP contribution in [0.15, 0.2) is 10.5 Å². The normalized spacial score (nSPS) is 13.0. The fourth-order valence-corrected chi connectivity index (χ4v) is 1.83. The summed E-state index contributed by atoms with van der Waals surface area (Å²) in [6, 6.07) is 1.80. The van der Waals surface area contributed by atoms with E-state index in [1.807, 2.05) is 7.05 Å². The number of furan rings is 1. The summed E-state index contributed by atoms with van der Waals surface area (Å²) in [7, 11) is 2.02. The van der Waals surface area contributed by atoms with Crippen LogP contribution in [-0.2, 0) is 6.54 Å². The van der Waals surface area contributed by atoms with Crippen LogP contribution in [0.5, 0.6) is 0 Å². The Hall–Kier alpha value is -1.29. The highest BCUT2D eigenvalue weighted by atomic mass is 16.4. The van der Waals surface area contributed by atoms with Crippen molar-refractivity contribution in [1.29, 1.82) is 0 Å². The summed E-state index contributed by atoms with van der Waals surface area (Å²) in [5.74, 6) is 0.399. The molecule has 96 valence electrons. The minimum atomic E-state index is -1.00. The van der Waals surface area contributed by atoms with Crippen LogP contribution < -0.4 is 0 Å². The topological polar surface area (TPSA) is 53.7 Å². The molecule has 0 aliphatic heterocycles. The molecule has 1 N–H and O–H groups in total. The summed E-state index contributed by atoms with van der Waals surface area (Å²) in [5.41, 5.74) is 0.685. The Morgan fingerprint density at radius 1 is 1.59 bits per heavy atom. The first-order chi connectivity index (χ1) is 7.93. The number of carboxylic acid groups (broad SMARTS) is 1. The smallest absolute Gasteiger partial charge is 0.372 e. The lowest BCUT2D eigenvalue weighted by atomic mass is 10.1. The van der Waals surface area contributed by atoms with Gasteiger partial charge in [0.1, 0.15) is 5.76 Å². The Labute approximate surface area is 102 Å². The minimum Gasteiger partial charge on any atom is -0.475 e. The van der Waals surface area contributed by atoms with E-state index in [0.717, 1.165) is 13.0 Å². The predicted molar refractivity (Wildman–Crippen MR) is 66.2 cm³/mol. The SMILES string of the molecule is CCC(C)CN(C)Cc1cc(C)c(C(=O)O)o1. The Morgan fingerprint density at radius 2 is 2.24 bits per heavy atom. The molecule has 4 heteroatoms. The van der Waals surface area contributed by atoms with E-state index in [1.165, 1.54) is 0 Å². The number of hydrogen-bond acceptors (Lipinski definition) is 3. The van der Waals surface area contributed by atoms with Crippen molar-refractivity contribution in [2.75, 3.05) is 13.6 Å². The van der Waals surface area contributed by atoms with Crippen LogP contribution in [0.3, 0.4) is 0 Å². The monoisotopic (exact) mass is 239 g/mol. The third-order valence-electron chi connectivity index (χ3n) is 2.91. The molecule has 1 atom stereocenters. The van der Waals surface area contributed by atoms with E-state index in [1.54, 1.807) is 13.0 Å². The van der Waals surface area contributed by atoms with Crippen LogP contribution >= 0.6 is 0 Å². The van der Waals surface area contributed by atoms with Crippen molar-refractivity contribution in [3.8, 4) is 0 Å². The van der Waals surface area contributed by atoms with Gasteiger partial charge in [-0.2, -0.15) is 0 Å². The molecule has 1 rings (SSSR count). The first-order valence-corrected chi connectivity index (χ1v) is 5.95. The van der Waals surface area contributed by atoms with Gasteiger partial charge in [-0.15, -0.1) is 0 Å². The quantitative estimate of drug-likeness (QED) is 0.829. The summed E-state index contributed by atoms with van der Waals surface area (Å²) in [5, 5.41) is 8.89. The van der Waals surface area contributed by atoms with E-state index in [2.05, 4.69) is 18.7 Å². The van der Waals surface area contributed by atoms with Gasteiger partial charge in [-0.3, -0.25) is 4.90 Å². The molecule has 0 aliphatic carbocycles. The number of carboxylic acids is 1. The van der Waals surface area contributed by atoms with Crippen molar-refractivity contribution >= 4 is 5.97 Å². The molecule has 17 heavy (non-hydrogen) atoms. The summed E-state index contributed by atoms with van der Waals surface area (Å²) in [6.45, 7) is 7.76. The van der Waals surface area contributed by atoms with Gasteiger partial charge < -0.3 is 9.52 Å². The second kappa shape index (κ2) is 5.87. The number of aryl methyl sites for hydroxylation is 1. The van der Waals surface area contributed by atoms with Gasteiger partial charge >= 0.3 is 5.97 Å². The number of rotatable bonds is 6. The molecule has 0 spiro atoms. The summed E-state index contributed by atoms with van der Waals surface area (Å²) >= 11 is 0. The number of aromatic carboxylic acids is 1. The van der Waals surface area contributed by atoms with E-state index in [4.69, 9.17) is 9.52 Å². The zero-order valence-electron chi connectivity index (χ0n) is 11.0. The van der Waals surface area contributed by atoms with Crippen LogP contribution in [0.25, 0.3) is 0 Å². The summed E-state index contributed by atoms with van der Waals surface area (Å²) in [6.07, 6.45) is 1.14. The number of carbonyl (C=O) groups is 1. The lowest BCUT2D eigenvalue weighted by Gasteiger charge is -2.18. The molecular weight excluding hydrogens is 218 g/mol. The van der Waals surface area contributed by atoms with Crippen molar-refractivity contribution in [1.82, 2.24) is 4.90 Å². The van der Waals surface area contributed by atoms with Gasteiger partial charge in [0, 0.05) is 12.1 Å². The predicted octanol–water partition coefficient (Wildman–Crippen LogP) is 2.76. The molecule has 0 saturated heterocycles. The van der Waals surface area contributed by atoms with Gasteiger partial charge in [-0.05, 0) is 26.0 Å². The molecule has 1 unspecified atom stereocenters. The number of nitrogens with zero attached hydrogens (tertiary/aromatic N) is 1. The van der Waals surface area contributed by atoms with E-state index >= 15 is 0 Å². The molecule has 1 aromatic rings. The molecule has 0 saturated carbocycles. The van der Waals surface area contributed by atoms with Crippen molar-refractivity contribution in [3.05, 3.63) is 23.2 Å². The Balaban J connectivity index is 2.63. The van der Waals surface area contributed by atoms with Gasteiger partial charge in [0.25, 0.3) is 0 Å². The molecule has 1 heterocycles. The maximum absolute atomic E-state index is 10.8. The van der Waals surface area contributed by atoms with Crippen LogP contribution in [0.2, 0.25) is 0 Å². The van der Waals surface area contributed by atoms with Crippen LogP contribution in [0.4, 0.5) is 0 Å². The van der Waals surface area contributed by atoms with E-state index in [9.17, 15) is 4.79 Å². The second-order valence-electron chi connectivity index (χ2n) is 4.74. The van der Waals surface area contributed by atoms with Crippen molar-refractivity contribution in [3.63, 3.8) is 0 Å². The zero-order chi connectivity index (χ0) is 13.0. The molecule has 1 aromatic heterocycles. The summed E-state index contributed by atoms with van der Waals surface area (Å²) in [4.78, 5) is 13.0. The minimum absolute atomic E-state index is 0.0527. The molecule has 0 aromatic carbocycles. The van der Waals surface area contributed by atoms with E-state index < -0.39 is 5.97 Å². The largest absolute Gasteiger partial charge is 0.475 e. The average molecular weight is 239 g/mol. The van der Waals surface area contributed by atoms with Gasteiger partial charge in [0.05, 0.1) is 6.54 Å². The Kier molecular flexibility index (Phi) is 4.75. The molecule has 4 nitrogen and oxygen atoms in total. The van der Waals surface area contributed by atoms with E-state index in [0.29, 0.717) is 23.8 Å². The first-order valence-electron chi connectivity index (χ1n) is 5.95. The van der Waals surface area contributed by atoms with Crippen LogP contribution in [0, 0.1) is 12.8 Å². The highest BCUT2D eigenvalue weighted by Gasteiger charge is 2.15. The van der Waals surface area contributed by atoms with Crippen molar-refractivity contribution < 1.29 is 14.3 Å². The number of hydrogen-bond donors (Lipinski definition) is 1. The standard InChI is InChI=1S/C13H21NO3/c1-5-9(2)7-14(4)8-11-6-10(3)12(17-11)13(15)16/h6,9H,5,7-8H2,1-4H3,(H,15,16). The van der Waals surface area contributed by atoms with Crippen molar-refractivity contribution in [2.45, 2.75) is 33.7 Å². The van der Waals surface area contributed by atoms with Crippen molar-refractivity contribution in [2.24, 2.45) is 5.92 Å². The third-order valence-corrected chi connectivity index (χ3v) is 2.91. The fraction of sp³-hybridized carbons (Fsp3) is 0.615. The van der Waals surface area contributed by atoms with Crippen LogP contribution in [-0.4, -0.2) is 29.6 Å². The average Bonchev–Trinajstić information content (AvgIpc) is 2.59. The first kappa shape index (κ1) is 13.8. The Bertz CT molecular complexity index is 384. The van der Waals surface area contributed by atoms with Gasteiger partial charge in [0.15, 0.2) is 0 Å². The molecule has 0 bridgehead atoms. The van der Waals surface area contributed by atoms with E-state index in [-0.39, 0.29) is 5.76 Å². The van der Waals surface area contributed by atoms with Gasteiger partial charge in [-0.25, -0.2) is 4.79 Å². The third kappa shape index (κ3) is 3.89. The van der Waals surface area contributed by atoms with Gasteiger partial charge in [0.2, 0.25) is 5.76 Å². The zero-order valence-corrected chi connectivity index (χ0v) is 11.0. The lowest BCUT2D eigenvalue weighted by molar-refractivity contribution is 0.0657. The fourth-order valence-electron chi connectivity index (χ4n) is 1.83. The second-order valence-corrected chi connectivity index (χ2v) is 4.74.